The largest absolute Gasteiger partial charge is 0.357 e. The Kier molecular flexibility index (Phi) is 13.3. The lowest BCUT2D eigenvalue weighted by atomic mass is 10.2. The second kappa shape index (κ2) is 13.6. The number of amides is 1. The minimum Gasteiger partial charge on any atom is -0.357 e. The number of hydrogen-bond donors (Lipinski definition) is 2. The first-order valence-corrected chi connectivity index (χ1v) is 11.0. The Morgan fingerprint density at radius 2 is 1.96 bits per heavy atom. The Bertz CT molecular complexity index is 512. The molecule has 0 saturated carbocycles. The molecule has 0 aromatic rings. The maximum absolute atomic E-state index is 11.9. The molecular weight excluding hydrogens is 455 g/mol. The fraction of sp³-hybridized carbons (Fsp3) is 0.875. The number of nitrogens with one attached hydrogen (secondary N) is 2. The zero-order valence-electron chi connectivity index (χ0n) is 15.4. The van der Waals surface area contributed by atoms with Crippen LogP contribution in [0, 0.1) is 0 Å². The normalized spacial score (nSPS) is 16.2. The Hall–Kier alpha value is -0.580. The molecule has 0 aromatic carbocycles. The second-order valence-electron chi connectivity index (χ2n) is 6.22. The molecule has 1 amide bonds. The molecule has 0 atom stereocenters. The van der Waals surface area contributed by atoms with Crippen LogP contribution in [0.25, 0.3) is 0 Å². The van der Waals surface area contributed by atoms with Crippen LogP contribution < -0.4 is 10.6 Å². The lowest BCUT2D eigenvalue weighted by molar-refractivity contribution is -0.130. The van der Waals surface area contributed by atoms with E-state index in [2.05, 4.69) is 15.6 Å². The van der Waals surface area contributed by atoms with Crippen LogP contribution in [0.3, 0.4) is 0 Å². The van der Waals surface area contributed by atoms with Gasteiger partial charge in [-0.25, -0.2) is 8.42 Å². The van der Waals surface area contributed by atoms with E-state index in [9.17, 15) is 13.2 Å². The van der Waals surface area contributed by atoms with Crippen molar-refractivity contribution in [3.63, 3.8) is 0 Å². The first-order valence-electron chi connectivity index (χ1n) is 8.90. The fourth-order valence-corrected chi connectivity index (χ4v) is 3.28. The number of nitrogens with zero attached hydrogens (tertiary/aromatic N) is 2. The van der Waals surface area contributed by atoms with Crippen molar-refractivity contribution in [2.24, 2.45) is 4.99 Å². The fourth-order valence-electron chi connectivity index (χ4n) is 2.61. The third kappa shape index (κ3) is 12.4. The molecule has 9 heteroatoms. The molecule has 148 valence electrons. The summed E-state index contributed by atoms with van der Waals surface area (Å²) in [6.45, 7) is 5.59. The molecule has 1 rings (SSSR count). The van der Waals surface area contributed by atoms with Crippen molar-refractivity contribution < 1.29 is 13.2 Å². The van der Waals surface area contributed by atoms with Crippen molar-refractivity contribution in [1.82, 2.24) is 15.5 Å². The number of carbonyl (C=O) groups excluding carboxylic acids is 1. The molecule has 0 radical (unpaired) electrons. The standard InChI is InChI=1S/C16H32N4O3S.HI/c1-3-17-16(19-11-8-14-24(2,22)23)18-10-7-13-20-12-6-4-5-9-15(20)21;/h3-14H2,1-2H3,(H2,17,18,19);1H. The van der Waals surface area contributed by atoms with Crippen LogP contribution in [0.1, 0.15) is 45.4 Å². The van der Waals surface area contributed by atoms with E-state index in [1.807, 2.05) is 11.8 Å². The highest BCUT2D eigenvalue weighted by atomic mass is 127. The minimum absolute atomic E-state index is 0. The van der Waals surface area contributed by atoms with Gasteiger partial charge in [0.1, 0.15) is 9.84 Å². The summed E-state index contributed by atoms with van der Waals surface area (Å²) in [6.07, 6.45) is 6.57. The predicted molar refractivity (Wildman–Crippen MR) is 113 cm³/mol. The molecule has 1 saturated heterocycles. The zero-order chi connectivity index (χ0) is 17.8. The molecule has 1 heterocycles. The average molecular weight is 488 g/mol. The van der Waals surface area contributed by atoms with Gasteiger partial charge < -0.3 is 15.5 Å². The molecule has 0 aliphatic carbocycles. The van der Waals surface area contributed by atoms with Crippen LogP contribution in [0.2, 0.25) is 0 Å². The molecule has 1 aliphatic rings. The molecule has 0 bridgehead atoms. The van der Waals surface area contributed by atoms with E-state index in [1.54, 1.807) is 0 Å². The van der Waals surface area contributed by atoms with Gasteiger partial charge in [-0.1, -0.05) is 6.42 Å². The van der Waals surface area contributed by atoms with Crippen molar-refractivity contribution in [3.8, 4) is 0 Å². The van der Waals surface area contributed by atoms with Crippen LogP contribution in [-0.4, -0.2) is 69.9 Å². The monoisotopic (exact) mass is 488 g/mol. The van der Waals surface area contributed by atoms with Crippen LogP contribution in [0.5, 0.6) is 0 Å². The molecule has 1 fully saturated rings. The number of guanidine groups is 1. The highest BCUT2D eigenvalue weighted by molar-refractivity contribution is 14.0. The van der Waals surface area contributed by atoms with Gasteiger partial charge in [-0.3, -0.25) is 9.79 Å². The third-order valence-corrected chi connectivity index (χ3v) is 4.89. The van der Waals surface area contributed by atoms with Crippen LogP contribution >= 0.6 is 24.0 Å². The number of hydrogen-bond acceptors (Lipinski definition) is 4. The highest BCUT2D eigenvalue weighted by Gasteiger charge is 2.15. The van der Waals surface area contributed by atoms with Crippen molar-refractivity contribution >= 4 is 45.7 Å². The smallest absolute Gasteiger partial charge is 0.222 e. The van der Waals surface area contributed by atoms with Gasteiger partial charge in [0.25, 0.3) is 0 Å². The molecule has 2 N–H and O–H groups in total. The van der Waals surface area contributed by atoms with Crippen LogP contribution in [0.4, 0.5) is 0 Å². The summed E-state index contributed by atoms with van der Waals surface area (Å²) in [5, 5.41) is 6.29. The number of carbonyl (C=O) groups is 1. The highest BCUT2D eigenvalue weighted by Crippen LogP contribution is 2.11. The van der Waals surface area contributed by atoms with Crippen LogP contribution in [-0.2, 0) is 14.6 Å². The third-order valence-electron chi connectivity index (χ3n) is 3.86. The summed E-state index contributed by atoms with van der Waals surface area (Å²) in [6, 6.07) is 0. The molecule has 7 nitrogen and oxygen atoms in total. The van der Waals surface area contributed by atoms with Gasteiger partial charge in [0, 0.05) is 45.4 Å². The van der Waals surface area contributed by atoms with Gasteiger partial charge in [0.15, 0.2) is 5.96 Å². The number of aliphatic imine (C=N–C) groups is 1. The van der Waals surface area contributed by atoms with E-state index in [0.717, 1.165) is 45.3 Å². The molecule has 0 unspecified atom stereocenters. The van der Waals surface area contributed by atoms with Crippen molar-refractivity contribution in [1.29, 1.82) is 0 Å². The summed E-state index contributed by atoms with van der Waals surface area (Å²) in [7, 11) is -2.91. The maximum atomic E-state index is 11.9. The lowest BCUT2D eigenvalue weighted by Gasteiger charge is -2.20. The van der Waals surface area contributed by atoms with E-state index in [0.29, 0.717) is 31.9 Å². The lowest BCUT2D eigenvalue weighted by Crippen LogP contribution is -2.38. The summed E-state index contributed by atoms with van der Waals surface area (Å²) in [4.78, 5) is 18.4. The predicted octanol–water partition coefficient (Wildman–Crippen LogP) is 1.39. The molecular formula is C16H33IN4O3S. The number of likely N-dealkylation sites (tertiary alicyclic amines) is 1. The molecule has 25 heavy (non-hydrogen) atoms. The Balaban J connectivity index is 0.00000576. The minimum atomic E-state index is -2.91. The van der Waals surface area contributed by atoms with E-state index < -0.39 is 9.84 Å². The zero-order valence-corrected chi connectivity index (χ0v) is 18.6. The van der Waals surface area contributed by atoms with Crippen molar-refractivity contribution in [2.45, 2.75) is 45.4 Å². The Morgan fingerprint density at radius 1 is 1.20 bits per heavy atom. The van der Waals surface area contributed by atoms with Gasteiger partial charge in [0.05, 0.1) is 5.75 Å². The van der Waals surface area contributed by atoms with Gasteiger partial charge in [-0.05, 0) is 32.6 Å². The molecule has 1 aliphatic heterocycles. The number of rotatable bonds is 9. The summed E-state index contributed by atoms with van der Waals surface area (Å²) in [5.74, 6) is 1.15. The number of halogens is 1. The summed E-state index contributed by atoms with van der Waals surface area (Å²) < 4.78 is 22.2. The second-order valence-corrected chi connectivity index (χ2v) is 8.48. The summed E-state index contributed by atoms with van der Waals surface area (Å²) in [5.41, 5.74) is 0. The van der Waals surface area contributed by atoms with Gasteiger partial charge in [0.2, 0.25) is 5.91 Å². The van der Waals surface area contributed by atoms with E-state index >= 15 is 0 Å². The van der Waals surface area contributed by atoms with E-state index in [4.69, 9.17) is 0 Å². The Morgan fingerprint density at radius 3 is 2.64 bits per heavy atom. The molecule has 0 spiro atoms. The SMILES string of the molecule is CCNC(=NCCCN1CCCCCC1=O)NCCCS(C)(=O)=O.I. The van der Waals surface area contributed by atoms with Gasteiger partial charge in [-0.15, -0.1) is 24.0 Å². The van der Waals surface area contributed by atoms with E-state index in [-0.39, 0.29) is 35.6 Å². The average Bonchev–Trinajstić information content (AvgIpc) is 2.71. The van der Waals surface area contributed by atoms with Gasteiger partial charge >= 0.3 is 0 Å². The van der Waals surface area contributed by atoms with E-state index in [1.165, 1.54) is 6.26 Å². The maximum Gasteiger partial charge on any atom is 0.222 e. The number of sulfone groups is 1. The summed E-state index contributed by atoms with van der Waals surface area (Å²) >= 11 is 0. The quantitative estimate of drug-likeness (QED) is 0.222. The topological polar surface area (TPSA) is 90.9 Å². The van der Waals surface area contributed by atoms with Crippen molar-refractivity contribution in [2.75, 3.05) is 44.7 Å². The molecule has 0 aromatic heterocycles. The first-order chi connectivity index (χ1) is 11.4. The van der Waals surface area contributed by atoms with Crippen LogP contribution in [0.15, 0.2) is 4.99 Å². The first kappa shape index (κ1) is 24.4. The van der Waals surface area contributed by atoms with Gasteiger partial charge in [-0.2, -0.15) is 0 Å². The Labute approximate surface area is 169 Å². The van der Waals surface area contributed by atoms with Crippen molar-refractivity contribution in [3.05, 3.63) is 0 Å².